The van der Waals surface area contributed by atoms with Crippen LogP contribution in [0.3, 0.4) is 0 Å². The van der Waals surface area contributed by atoms with Crippen molar-refractivity contribution in [3.05, 3.63) is 59.7 Å². The van der Waals surface area contributed by atoms with Crippen molar-refractivity contribution in [3.63, 3.8) is 0 Å². The van der Waals surface area contributed by atoms with Crippen molar-refractivity contribution >= 4 is 34.9 Å². The molecule has 0 heterocycles. The van der Waals surface area contributed by atoms with Gasteiger partial charge in [-0.25, -0.2) is 4.79 Å². The number of anilines is 1. The molecule has 29 heavy (non-hydrogen) atoms. The van der Waals surface area contributed by atoms with Gasteiger partial charge in [0.25, 0.3) is 5.91 Å². The van der Waals surface area contributed by atoms with Crippen LogP contribution < -0.4 is 15.4 Å². The Kier molecular flexibility index (Phi) is 8.15. The van der Waals surface area contributed by atoms with Crippen LogP contribution in [0.4, 0.5) is 5.69 Å². The lowest BCUT2D eigenvalue weighted by molar-refractivity contribution is -0.121. The highest BCUT2D eigenvalue weighted by atomic mass is 32.1. The molecule has 0 atom stereocenters. The third-order valence-corrected chi connectivity index (χ3v) is 4.09. The molecule has 0 saturated heterocycles. The number of ether oxygens (including phenoxy) is 2. The SMILES string of the molecule is CC(C)OC(=O)c1ccc(NC(=S)NC(=O)COc2ccc(C(C)C)cc2)cc1. The summed E-state index contributed by atoms with van der Waals surface area (Å²) in [5.74, 6) is 0.298. The normalized spacial score (nSPS) is 10.6. The van der Waals surface area contributed by atoms with E-state index >= 15 is 0 Å². The lowest BCUT2D eigenvalue weighted by Crippen LogP contribution is -2.37. The van der Waals surface area contributed by atoms with E-state index < -0.39 is 0 Å². The fourth-order valence-electron chi connectivity index (χ4n) is 2.39. The molecule has 0 unspecified atom stereocenters. The number of nitrogens with one attached hydrogen (secondary N) is 2. The van der Waals surface area contributed by atoms with E-state index in [1.165, 1.54) is 5.56 Å². The number of carbonyl (C=O) groups is 2. The molecule has 2 aromatic rings. The predicted octanol–water partition coefficient (Wildman–Crippen LogP) is 4.27. The second-order valence-electron chi connectivity index (χ2n) is 7.05. The van der Waals surface area contributed by atoms with E-state index in [0.29, 0.717) is 22.9 Å². The van der Waals surface area contributed by atoms with E-state index in [4.69, 9.17) is 21.7 Å². The first-order chi connectivity index (χ1) is 13.7. The highest BCUT2D eigenvalue weighted by molar-refractivity contribution is 7.80. The fraction of sp³-hybridized carbons (Fsp3) is 0.318. The minimum Gasteiger partial charge on any atom is -0.484 e. The van der Waals surface area contributed by atoms with Gasteiger partial charge >= 0.3 is 5.97 Å². The van der Waals surface area contributed by atoms with Gasteiger partial charge < -0.3 is 14.8 Å². The van der Waals surface area contributed by atoms with E-state index in [2.05, 4.69) is 24.5 Å². The molecule has 1 amide bonds. The highest BCUT2D eigenvalue weighted by Crippen LogP contribution is 2.18. The van der Waals surface area contributed by atoms with Crippen molar-refractivity contribution in [3.8, 4) is 5.75 Å². The molecule has 2 aromatic carbocycles. The number of hydrogen-bond acceptors (Lipinski definition) is 5. The summed E-state index contributed by atoms with van der Waals surface area (Å²) in [4.78, 5) is 23.8. The second-order valence-corrected chi connectivity index (χ2v) is 7.45. The molecule has 0 spiro atoms. The van der Waals surface area contributed by atoms with Crippen LogP contribution in [0.1, 0.15) is 49.5 Å². The molecule has 2 N–H and O–H groups in total. The van der Waals surface area contributed by atoms with Crippen LogP contribution in [0.2, 0.25) is 0 Å². The van der Waals surface area contributed by atoms with Crippen LogP contribution in [0.15, 0.2) is 48.5 Å². The quantitative estimate of drug-likeness (QED) is 0.521. The van der Waals surface area contributed by atoms with E-state index in [-0.39, 0.29) is 29.7 Å². The minimum atomic E-state index is -0.388. The standard InChI is InChI=1S/C22H26N2O4S/c1-14(2)16-7-11-19(12-8-16)27-13-20(25)24-22(29)23-18-9-5-17(6-10-18)21(26)28-15(3)4/h5-12,14-15H,13H2,1-4H3,(H2,23,24,25,29). The van der Waals surface area contributed by atoms with Crippen LogP contribution >= 0.6 is 12.2 Å². The molecule has 2 rings (SSSR count). The monoisotopic (exact) mass is 414 g/mol. The summed E-state index contributed by atoms with van der Waals surface area (Å²) >= 11 is 5.14. The van der Waals surface area contributed by atoms with E-state index in [9.17, 15) is 9.59 Å². The van der Waals surface area contributed by atoms with Gasteiger partial charge in [-0.15, -0.1) is 0 Å². The summed E-state index contributed by atoms with van der Waals surface area (Å²) in [6.07, 6.45) is -0.182. The first kappa shape index (κ1) is 22.4. The number of carbonyl (C=O) groups excluding carboxylic acids is 2. The Bertz CT molecular complexity index is 846. The van der Waals surface area contributed by atoms with Crippen LogP contribution in [0.25, 0.3) is 0 Å². The van der Waals surface area contributed by atoms with Crippen LogP contribution in [-0.2, 0) is 9.53 Å². The number of rotatable bonds is 7. The van der Waals surface area contributed by atoms with Gasteiger partial charge in [0, 0.05) is 5.69 Å². The lowest BCUT2D eigenvalue weighted by atomic mass is 10.0. The van der Waals surface area contributed by atoms with Crippen molar-refractivity contribution in [2.24, 2.45) is 0 Å². The summed E-state index contributed by atoms with van der Waals surface area (Å²) in [5.41, 5.74) is 2.29. The largest absolute Gasteiger partial charge is 0.484 e. The topological polar surface area (TPSA) is 76.7 Å². The summed E-state index contributed by atoms with van der Waals surface area (Å²) in [5, 5.41) is 5.59. The second kappa shape index (κ2) is 10.6. The number of amides is 1. The molecule has 0 aliphatic rings. The first-order valence-electron chi connectivity index (χ1n) is 9.39. The Morgan fingerprint density at radius 2 is 1.59 bits per heavy atom. The molecule has 0 bridgehead atoms. The van der Waals surface area contributed by atoms with Crippen molar-refractivity contribution in [1.29, 1.82) is 0 Å². The first-order valence-corrected chi connectivity index (χ1v) is 9.80. The Morgan fingerprint density at radius 1 is 0.966 bits per heavy atom. The fourth-order valence-corrected chi connectivity index (χ4v) is 2.63. The zero-order valence-corrected chi connectivity index (χ0v) is 17.8. The van der Waals surface area contributed by atoms with Gasteiger partial charge in [0.1, 0.15) is 5.75 Å². The zero-order chi connectivity index (χ0) is 21.4. The van der Waals surface area contributed by atoms with Gasteiger partial charge in [0.05, 0.1) is 11.7 Å². The molecule has 0 aliphatic carbocycles. The lowest BCUT2D eigenvalue weighted by Gasteiger charge is -2.12. The molecular weight excluding hydrogens is 388 g/mol. The van der Waals surface area contributed by atoms with Gasteiger partial charge in [-0.1, -0.05) is 26.0 Å². The Labute approximate surface area is 176 Å². The summed E-state index contributed by atoms with van der Waals surface area (Å²) in [6, 6.07) is 14.2. The Morgan fingerprint density at radius 3 is 2.14 bits per heavy atom. The van der Waals surface area contributed by atoms with Gasteiger partial charge in [0.15, 0.2) is 11.7 Å². The number of hydrogen-bond donors (Lipinski definition) is 2. The van der Waals surface area contributed by atoms with Crippen molar-refractivity contribution in [2.45, 2.75) is 39.7 Å². The summed E-state index contributed by atoms with van der Waals surface area (Å²) in [6.45, 7) is 7.66. The summed E-state index contributed by atoms with van der Waals surface area (Å²) in [7, 11) is 0. The number of benzene rings is 2. The van der Waals surface area contributed by atoms with E-state index in [1.54, 1.807) is 38.1 Å². The van der Waals surface area contributed by atoms with Gasteiger partial charge in [-0.05, 0) is 73.9 Å². The molecule has 7 heteroatoms. The average Bonchev–Trinajstić information content (AvgIpc) is 2.66. The summed E-state index contributed by atoms with van der Waals surface area (Å²) < 4.78 is 10.6. The molecule has 154 valence electrons. The third kappa shape index (κ3) is 7.54. The molecule has 6 nitrogen and oxygen atoms in total. The molecular formula is C22H26N2O4S. The molecule has 0 aromatic heterocycles. The number of thiocarbonyl (C=S) groups is 1. The number of esters is 1. The predicted molar refractivity (Wildman–Crippen MR) is 117 cm³/mol. The minimum absolute atomic E-state index is 0.145. The highest BCUT2D eigenvalue weighted by Gasteiger charge is 2.10. The third-order valence-electron chi connectivity index (χ3n) is 3.89. The van der Waals surface area contributed by atoms with Crippen molar-refractivity contribution in [1.82, 2.24) is 5.32 Å². The molecule has 0 fully saturated rings. The maximum Gasteiger partial charge on any atom is 0.338 e. The average molecular weight is 415 g/mol. The Hall–Kier alpha value is -2.93. The molecule has 0 radical (unpaired) electrons. The smallest absolute Gasteiger partial charge is 0.338 e. The molecule has 0 aliphatic heterocycles. The van der Waals surface area contributed by atoms with Gasteiger partial charge in [0.2, 0.25) is 0 Å². The molecule has 0 saturated carbocycles. The van der Waals surface area contributed by atoms with Gasteiger partial charge in [-0.3, -0.25) is 10.1 Å². The van der Waals surface area contributed by atoms with Crippen LogP contribution in [0.5, 0.6) is 5.75 Å². The van der Waals surface area contributed by atoms with Crippen LogP contribution in [-0.4, -0.2) is 29.7 Å². The van der Waals surface area contributed by atoms with E-state index in [0.717, 1.165) is 0 Å². The Balaban J connectivity index is 1.79. The van der Waals surface area contributed by atoms with Crippen molar-refractivity contribution < 1.29 is 19.1 Å². The maximum absolute atomic E-state index is 12.0. The van der Waals surface area contributed by atoms with Crippen LogP contribution in [0, 0.1) is 0 Å². The van der Waals surface area contributed by atoms with E-state index in [1.807, 2.05) is 24.3 Å². The van der Waals surface area contributed by atoms with Crippen molar-refractivity contribution in [2.75, 3.05) is 11.9 Å². The zero-order valence-electron chi connectivity index (χ0n) is 17.0. The van der Waals surface area contributed by atoms with Gasteiger partial charge in [-0.2, -0.15) is 0 Å². The maximum atomic E-state index is 12.0.